The largest absolute Gasteiger partial charge is 0.462 e. The van der Waals surface area contributed by atoms with Crippen LogP contribution in [0.5, 0.6) is 0 Å². The van der Waals surface area contributed by atoms with Gasteiger partial charge in [0.1, 0.15) is 4.88 Å². The predicted molar refractivity (Wildman–Crippen MR) is 79.1 cm³/mol. The number of ether oxygens (including phenoxy) is 1. The summed E-state index contributed by atoms with van der Waals surface area (Å²) >= 11 is 3.09. The summed E-state index contributed by atoms with van der Waals surface area (Å²) in [6, 6.07) is 1.83. The molecule has 4 nitrogen and oxygen atoms in total. The molecule has 1 unspecified atom stereocenters. The summed E-state index contributed by atoms with van der Waals surface area (Å²) in [5.74, 6) is 1.78. The van der Waals surface area contributed by atoms with Crippen LogP contribution in [0.1, 0.15) is 28.6 Å². The van der Waals surface area contributed by atoms with Crippen LogP contribution in [-0.2, 0) is 9.53 Å². The highest BCUT2D eigenvalue weighted by molar-refractivity contribution is 7.99. The maximum absolute atomic E-state index is 12.0. The summed E-state index contributed by atoms with van der Waals surface area (Å²) in [6.07, 6.45) is 0.936. The van der Waals surface area contributed by atoms with Crippen molar-refractivity contribution in [2.75, 3.05) is 23.4 Å². The Balaban J connectivity index is 2.03. The molecule has 6 heteroatoms. The standard InChI is InChI=1S/C13H17NO3S2/c1-3-17-13(16)11-8(2)6-10(19-11)14-12(15)9-4-5-18-7-9/h6,9H,3-5,7H2,1-2H3,(H,14,15). The summed E-state index contributed by atoms with van der Waals surface area (Å²) in [4.78, 5) is 24.3. The van der Waals surface area contributed by atoms with E-state index in [-0.39, 0.29) is 17.8 Å². The highest BCUT2D eigenvalue weighted by Crippen LogP contribution is 2.29. The number of hydrogen-bond donors (Lipinski definition) is 1. The minimum absolute atomic E-state index is 0.0571. The third-order valence-corrected chi connectivity index (χ3v) is 5.22. The number of thiophene rings is 1. The second-order valence-corrected chi connectivity index (χ2v) is 6.60. The van der Waals surface area contributed by atoms with E-state index < -0.39 is 0 Å². The van der Waals surface area contributed by atoms with Gasteiger partial charge in [0.25, 0.3) is 0 Å². The Morgan fingerprint density at radius 2 is 2.32 bits per heavy atom. The quantitative estimate of drug-likeness (QED) is 0.869. The number of rotatable bonds is 4. The van der Waals surface area contributed by atoms with Crippen molar-refractivity contribution in [3.8, 4) is 0 Å². The molecule has 1 fully saturated rings. The fraction of sp³-hybridized carbons (Fsp3) is 0.538. The highest BCUT2D eigenvalue weighted by atomic mass is 32.2. The van der Waals surface area contributed by atoms with E-state index in [0.717, 1.165) is 28.5 Å². The molecule has 0 aliphatic carbocycles. The first-order valence-corrected chi connectivity index (χ1v) is 8.25. The zero-order chi connectivity index (χ0) is 13.8. The Morgan fingerprint density at radius 3 is 2.95 bits per heavy atom. The molecule has 1 amide bonds. The normalized spacial score (nSPS) is 18.3. The third kappa shape index (κ3) is 3.51. The Labute approximate surface area is 120 Å². The first kappa shape index (κ1) is 14.4. The number of hydrogen-bond acceptors (Lipinski definition) is 5. The van der Waals surface area contributed by atoms with Crippen LogP contribution < -0.4 is 5.32 Å². The summed E-state index contributed by atoms with van der Waals surface area (Å²) < 4.78 is 4.98. The molecule has 0 bridgehead atoms. The van der Waals surface area contributed by atoms with E-state index in [1.165, 1.54) is 11.3 Å². The van der Waals surface area contributed by atoms with Crippen molar-refractivity contribution >= 4 is 40.0 Å². The Bertz CT molecular complexity index is 478. The Morgan fingerprint density at radius 1 is 1.53 bits per heavy atom. The number of anilines is 1. The predicted octanol–water partition coefficient (Wildman–Crippen LogP) is 2.92. The van der Waals surface area contributed by atoms with Gasteiger partial charge in [-0.25, -0.2) is 4.79 Å². The molecule has 19 heavy (non-hydrogen) atoms. The fourth-order valence-corrected chi connectivity index (χ4v) is 4.10. The zero-order valence-corrected chi connectivity index (χ0v) is 12.7. The van der Waals surface area contributed by atoms with Gasteiger partial charge in [-0.05, 0) is 37.7 Å². The summed E-state index contributed by atoms with van der Waals surface area (Å²) in [7, 11) is 0. The molecular weight excluding hydrogens is 282 g/mol. The van der Waals surface area contributed by atoms with E-state index in [1.54, 1.807) is 6.92 Å². The Hall–Kier alpha value is -1.01. The summed E-state index contributed by atoms with van der Waals surface area (Å²) in [5.41, 5.74) is 0.847. The number of carbonyl (C=O) groups excluding carboxylic acids is 2. The summed E-state index contributed by atoms with van der Waals surface area (Å²) in [6.45, 7) is 3.99. The van der Waals surface area contributed by atoms with Gasteiger partial charge in [0, 0.05) is 11.7 Å². The van der Waals surface area contributed by atoms with Crippen molar-refractivity contribution < 1.29 is 14.3 Å². The molecule has 1 N–H and O–H groups in total. The van der Waals surface area contributed by atoms with E-state index >= 15 is 0 Å². The van der Waals surface area contributed by atoms with E-state index in [4.69, 9.17) is 4.74 Å². The number of nitrogens with one attached hydrogen (secondary N) is 1. The zero-order valence-electron chi connectivity index (χ0n) is 11.0. The molecule has 1 saturated heterocycles. The van der Waals surface area contributed by atoms with Crippen LogP contribution in [0.2, 0.25) is 0 Å². The van der Waals surface area contributed by atoms with Crippen molar-refractivity contribution in [2.45, 2.75) is 20.3 Å². The molecule has 0 saturated carbocycles. The molecular formula is C13H17NO3S2. The Kier molecular flexibility index (Phi) is 4.87. The van der Waals surface area contributed by atoms with Crippen molar-refractivity contribution in [1.29, 1.82) is 0 Å². The van der Waals surface area contributed by atoms with Crippen molar-refractivity contribution in [3.05, 3.63) is 16.5 Å². The van der Waals surface area contributed by atoms with Crippen LogP contribution in [0.25, 0.3) is 0 Å². The monoisotopic (exact) mass is 299 g/mol. The van der Waals surface area contributed by atoms with Crippen LogP contribution in [0, 0.1) is 12.8 Å². The molecule has 1 aromatic rings. The van der Waals surface area contributed by atoms with E-state index in [1.807, 2.05) is 24.8 Å². The molecule has 104 valence electrons. The number of esters is 1. The molecule has 0 spiro atoms. The molecule has 2 heterocycles. The third-order valence-electron chi connectivity index (χ3n) is 2.93. The van der Waals surface area contributed by atoms with Gasteiger partial charge in [0.15, 0.2) is 0 Å². The highest BCUT2D eigenvalue weighted by Gasteiger charge is 2.24. The number of carbonyl (C=O) groups is 2. The molecule has 0 aromatic carbocycles. The molecule has 1 atom stereocenters. The van der Waals surface area contributed by atoms with Gasteiger partial charge in [0.05, 0.1) is 11.6 Å². The lowest BCUT2D eigenvalue weighted by Gasteiger charge is -2.07. The maximum Gasteiger partial charge on any atom is 0.348 e. The topological polar surface area (TPSA) is 55.4 Å². The van der Waals surface area contributed by atoms with Gasteiger partial charge in [-0.2, -0.15) is 11.8 Å². The van der Waals surface area contributed by atoms with Gasteiger partial charge in [-0.15, -0.1) is 11.3 Å². The van der Waals surface area contributed by atoms with Gasteiger partial charge in [-0.3, -0.25) is 4.79 Å². The van der Waals surface area contributed by atoms with Gasteiger partial charge in [0.2, 0.25) is 5.91 Å². The van der Waals surface area contributed by atoms with Crippen molar-refractivity contribution in [2.24, 2.45) is 5.92 Å². The first-order valence-electron chi connectivity index (χ1n) is 6.28. The van der Waals surface area contributed by atoms with Crippen LogP contribution in [0.4, 0.5) is 5.00 Å². The van der Waals surface area contributed by atoms with Gasteiger partial charge in [-0.1, -0.05) is 0 Å². The lowest BCUT2D eigenvalue weighted by molar-refractivity contribution is -0.119. The fourth-order valence-electron chi connectivity index (χ4n) is 1.91. The average Bonchev–Trinajstić information content (AvgIpc) is 2.99. The van der Waals surface area contributed by atoms with Crippen molar-refractivity contribution in [1.82, 2.24) is 0 Å². The number of thioether (sulfide) groups is 1. The molecule has 1 aliphatic heterocycles. The minimum atomic E-state index is -0.318. The van der Waals surface area contributed by atoms with Gasteiger partial charge >= 0.3 is 5.97 Å². The lowest BCUT2D eigenvalue weighted by Crippen LogP contribution is -2.21. The second-order valence-electron chi connectivity index (χ2n) is 4.39. The minimum Gasteiger partial charge on any atom is -0.462 e. The smallest absolute Gasteiger partial charge is 0.348 e. The van der Waals surface area contributed by atoms with E-state index in [2.05, 4.69) is 5.32 Å². The van der Waals surface area contributed by atoms with Crippen LogP contribution >= 0.6 is 23.1 Å². The maximum atomic E-state index is 12.0. The van der Waals surface area contributed by atoms with Crippen LogP contribution in [0.15, 0.2) is 6.07 Å². The molecule has 1 aliphatic rings. The number of amides is 1. The molecule has 2 rings (SSSR count). The van der Waals surface area contributed by atoms with E-state index in [0.29, 0.717) is 11.5 Å². The van der Waals surface area contributed by atoms with Crippen LogP contribution in [-0.4, -0.2) is 30.0 Å². The molecule has 1 aromatic heterocycles. The van der Waals surface area contributed by atoms with Gasteiger partial charge < -0.3 is 10.1 Å². The van der Waals surface area contributed by atoms with Crippen molar-refractivity contribution in [3.63, 3.8) is 0 Å². The summed E-state index contributed by atoms with van der Waals surface area (Å²) in [5, 5.41) is 3.63. The first-order chi connectivity index (χ1) is 9.11. The lowest BCUT2D eigenvalue weighted by atomic mass is 10.1. The number of aryl methyl sites for hydroxylation is 1. The SMILES string of the molecule is CCOC(=O)c1sc(NC(=O)C2CCSC2)cc1C. The van der Waals surface area contributed by atoms with E-state index in [9.17, 15) is 9.59 Å². The molecule has 0 radical (unpaired) electrons. The average molecular weight is 299 g/mol. The second kappa shape index (κ2) is 6.43. The van der Waals surface area contributed by atoms with Crippen LogP contribution in [0.3, 0.4) is 0 Å².